The van der Waals surface area contributed by atoms with Crippen LogP contribution in [0.3, 0.4) is 0 Å². The predicted octanol–water partition coefficient (Wildman–Crippen LogP) is 5.73. The van der Waals surface area contributed by atoms with Crippen molar-refractivity contribution in [3.05, 3.63) is 52.1 Å². The summed E-state index contributed by atoms with van der Waals surface area (Å²) in [7, 11) is 0. The molecule has 1 aliphatic rings. The molecule has 0 radical (unpaired) electrons. The molecule has 0 saturated carbocycles. The number of phenolic OH excluding ortho intramolecular Hbond substituents is 1. The lowest BCUT2D eigenvalue weighted by molar-refractivity contribution is -0.120. The molecule has 29 heavy (non-hydrogen) atoms. The molecule has 2 N–H and O–H groups in total. The third-order valence-electron chi connectivity index (χ3n) is 5.92. The van der Waals surface area contributed by atoms with E-state index >= 15 is 0 Å². The molecule has 4 heteroatoms. The molecule has 0 fully saturated rings. The van der Waals surface area contributed by atoms with Crippen LogP contribution in [0.1, 0.15) is 68.4 Å². The van der Waals surface area contributed by atoms with Crippen LogP contribution in [0.4, 0.5) is 5.69 Å². The summed E-state index contributed by atoms with van der Waals surface area (Å²) in [6.45, 7) is 14.3. The van der Waals surface area contributed by atoms with Crippen molar-refractivity contribution in [3.8, 4) is 11.5 Å². The number of aromatic hydroxyl groups is 1. The minimum Gasteiger partial charge on any atom is -0.508 e. The minimum absolute atomic E-state index is 0.0443. The van der Waals surface area contributed by atoms with Crippen LogP contribution in [-0.4, -0.2) is 16.6 Å². The number of aryl methyl sites for hydroxylation is 4. The van der Waals surface area contributed by atoms with Gasteiger partial charge in [0.05, 0.1) is 6.42 Å². The third-order valence-corrected chi connectivity index (χ3v) is 5.92. The fraction of sp³-hybridized carbons (Fsp3) is 0.480. The second-order valence-electron chi connectivity index (χ2n) is 9.76. The zero-order chi connectivity index (χ0) is 21.6. The number of fused-ring (bicyclic) bond motifs is 1. The first-order chi connectivity index (χ1) is 13.4. The SMILES string of the molecule is Cc1cc(C)c(NC(=O)CC2(C)CCc3cc(O)c(C(C)(C)C)cc3O2)cc1C. The molecule has 4 nitrogen and oxygen atoms in total. The predicted molar refractivity (Wildman–Crippen MR) is 118 cm³/mol. The molecule has 0 aliphatic carbocycles. The number of hydrogen-bond acceptors (Lipinski definition) is 3. The van der Waals surface area contributed by atoms with Gasteiger partial charge in [-0.1, -0.05) is 26.8 Å². The van der Waals surface area contributed by atoms with Crippen molar-refractivity contribution in [2.75, 3.05) is 5.32 Å². The molecule has 0 spiro atoms. The average Bonchev–Trinajstić information content (AvgIpc) is 2.58. The number of amides is 1. The summed E-state index contributed by atoms with van der Waals surface area (Å²) in [6.07, 6.45) is 1.79. The van der Waals surface area contributed by atoms with Crippen LogP contribution in [0.2, 0.25) is 0 Å². The Labute approximate surface area is 174 Å². The van der Waals surface area contributed by atoms with Crippen LogP contribution in [0.5, 0.6) is 11.5 Å². The number of ether oxygens (including phenoxy) is 1. The van der Waals surface area contributed by atoms with Gasteiger partial charge < -0.3 is 15.2 Å². The van der Waals surface area contributed by atoms with E-state index in [-0.39, 0.29) is 17.7 Å². The highest BCUT2D eigenvalue weighted by molar-refractivity contribution is 5.92. The van der Waals surface area contributed by atoms with E-state index < -0.39 is 5.60 Å². The van der Waals surface area contributed by atoms with Gasteiger partial charge in [0.15, 0.2) is 0 Å². The summed E-state index contributed by atoms with van der Waals surface area (Å²) in [5, 5.41) is 13.5. The second-order valence-corrected chi connectivity index (χ2v) is 9.76. The first-order valence-electron chi connectivity index (χ1n) is 10.3. The van der Waals surface area contributed by atoms with Gasteiger partial charge >= 0.3 is 0 Å². The van der Waals surface area contributed by atoms with Crippen molar-refractivity contribution >= 4 is 11.6 Å². The molecule has 0 saturated heterocycles. The maximum Gasteiger partial charge on any atom is 0.228 e. The summed E-state index contributed by atoms with van der Waals surface area (Å²) in [6, 6.07) is 7.88. The van der Waals surface area contributed by atoms with E-state index in [0.717, 1.165) is 46.5 Å². The van der Waals surface area contributed by atoms with Crippen molar-refractivity contribution < 1.29 is 14.6 Å². The van der Waals surface area contributed by atoms with Crippen molar-refractivity contribution in [3.63, 3.8) is 0 Å². The van der Waals surface area contributed by atoms with Crippen LogP contribution >= 0.6 is 0 Å². The van der Waals surface area contributed by atoms with Gasteiger partial charge in [-0.05, 0) is 86.4 Å². The molecular weight excluding hydrogens is 362 g/mol. The number of rotatable bonds is 3. The maximum atomic E-state index is 12.8. The molecular formula is C25H33NO3. The van der Waals surface area contributed by atoms with E-state index in [4.69, 9.17) is 4.74 Å². The summed E-state index contributed by atoms with van der Waals surface area (Å²) in [5.41, 5.74) is 5.40. The lowest BCUT2D eigenvalue weighted by atomic mass is 9.83. The summed E-state index contributed by atoms with van der Waals surface area (Å²) in [5.74, 6) is 1.04. The van der Waals surface area contributed by atoms with E-state index in [1.807, 2.05) is 32.0 Å². The summed E-state index contributed by atoms with van der Waals surface area (Å²) >= 11 is 0. The molecule has 2 aromatic rings. The number of hydrogen-bond donors (Lipinski definition) is 2. The van der Waals surface area contributed by atoms with Gasteiger partial charge in [-0.25, -0.2) is 0 Å². The number of carbonyl (C=O) groups is 1. The fourth-order valence-corrected chi connectivity index (χ4v) is 3.97. The summed E-state index contributed by atoms with van der Waals surface area (Å²) in [4.78, 5) is 12.8. The molecule has 156 valence electrons. The molecule has 2 aromatic carbocycles. The number of benzene rings is 2. The van der Waals surface area contributed by atoms with Crippen LogP contribution in [0.15, 0.2) is 24.3 Å². The average molecular weight is 396 g/mol. The monoisotopic (exact) mass is 395 g/mol. The standard InChI is InChI=1S/C25H33NO3/c1-15-10-17(3)20(11-16(15)2)26-23(28)14-25(7)9-8-18-12-21(27)19(24(4,5)6)13-22(18)29-25/h10-13,27H,8-9,14H2,1-7H3,(H,26,28). The van der Waals surface area contributed by atoms with Crippen LogP contribution < -0.4 is 10.1 Å². The van der Waals surface area contributed by atoms with E-state index in [1.165, 1.54) is 5.56 Å². The topological polar surface area (TPSA) is 58.6 Å². The van der Waals surface area contributed by atoms with E-state index in [9.17, 15) is 9.90 Å². The van der Waals surface area contributed by atoms with Crippen LogP contribution in [0, 0.1) is 20.8 Å². The molecule has 0 aromatic heterocycles. The number of phenols is 1. The van der Waals surface area contributed by atoms with Crippen molar-refractivity contribution in [1.82, 2.24) is 0 Å². The van der Waals surface area contributed by atoms with Gasteiger partial charge in [-0.15, -0.1) is 0 Å². The Morgan fingerprint density at radius 2 is 1.76 bits per heavy atom. The van der Waals surface area contributed by atoms with Gasteiger partial charge in [0.2, 0.25) is 5.91 Å². The highest BCUT2D eigenvalue weighted by atomic mass is 16.5. The third kappa shape index (κ3) is 4.58. The molecule has 1 unspecified atom stereocenters. The van der Waals surface area contributed by atoms with E-state index in [1.54, 1.807) is 0 Å². The van der Waals surface area contributed by atoms with Gasteiger partial charge in [0.1, 0.15) is 17.1 Å². The smallest absolute Gasteiger partial charge is 0.228 e. The lowest BCUT2D eigenvalue weighted by Gasteiger charge is -2.36. The van der Waals surface area contributed by atoms with Crippen molar-refractivity contribution in [2.24, 2.45) is 0 Å². The molecule has 1 heterocycles. The largest absolute Gasteiger partial charge is 0.508 e. The van der Waals surface area contributed by atoms with E-state index in [0.29, 0.717) is 5.75 Å². The highest BCUT2D eigenvalue weighted by Gasteiger charge is 2.35. The van der Waals surface area contributed by atoms with Gasteiger partial charge in [0, 0.05) is 11.3 Å². The number of anilines is 1. The van der Waals surface area contributed by atoms with Gasteiger partial charge in [0.25, 0.3) is 0 Å². The van der Waals surface area contributed by atoms with Crippen molar-refractivity contribution in [1.29, 1.82) is 0 Å². The number of nitrogens with one attached hydrogen (secondary N) is 1. The first-order valence-corrected chi connectivity index (χ1v) is 10.3. The number of carbonyl (C=O) groups excluding carboxylic acids is 1. The maximum absolute atomic E-state index is 12.8. The Bertz CT molecular complexity index is 956. The van der Waals surface area contributed by atoms with Crippen molar-refractivity contribution in [2.45, 2.75) is 78.7 Å². The Morgan fingerprint density at radius 1 is 1.10 bits per heavy atom. The zero-order valence-corrected chi connectivity index (χ0v) is 18.7. The van der Waals surface area contributed by atoms with Crippen LogP contribution in [-0.2, 0) is 16.6 Å². The van der Waals surface area contributed by atoms with Gasteiger partial charge in [-0.2, -0.15) is 0 Å². The normalized spacial score (nSPS) is 18.7. The molecule has 1 atom stereocenters. The zero-order valence-electron chi connectivity index (χ0n) is 18.7. The molecule has 1 aliphatic heterocycles. The molecule has 3 rings (SSSR count). The Kier molecular flexibility index (Phi) is 5.42. The van der Waals surface area contributed by atoms with Gasteiger partial charge in [-0.3, -0.25) is 4.79 Å². The summed E-state index contributed by atoms with van der Waals surface area (Å²) < 4.78 is 6.32. The fourth-order valence-electron chi connectivity index (χ4n) is 3.97. The molecule has 0 bridgehead atoms. The van der Waals surface area contributed by atoms with Crippen LogP contribution in [0.25, 0.3) is 0 Å². The lowest BCUT2D eigenvalue weighted by Crippen LogP contribution is -2.40. The highest BCUT2D eigenvalue weighted by Crippen LogP contribution is 2.42. The Hall–Kier alpha value is -2.49. The Morgan fingerprint density at radius 3 is 2.41 bits per heavy atom. The molecule has 1 amide bonds. The second kappa shape index (κ2) is 7.40. The Balaban J connectivity index is 1.78. The minimum atomic E-state index is -0.573. The van der Waals surface area contributed by atoms with E-state index in [2.05, 4.69) is 46.0 Å². The first kappa shape index (κ1) is 21.2. The quantitative estimate of drug-likeness (QED) is 0.698.